The predicted molar refractivity (Wildman–Crippen MR) is 97.2 cm³/mol. The number of nitrogens with two attached hydrogens (primary N) is 2. The topological polar surface area (TPSA) is 92.5 Å². The molecular weight excluding hydrogens is 308 g/mol. The molecule has 124 valence electrons. The van der Waals surface area contributed by atoms with Crippen LogP contribution in [0.2, 0.25) is 0 Å². The van der Waals surface area contributed by atoms with Gasteiger partial charge in [0, 0.05) is 9.79 Å². The number of aryl methyl sites for hydroxylation is 2. The quantitative estimate of drug-likeness (QED) is 0.467. The monoisotopic (exact) mass is 332 g/mol. The van der Waals surface area contributed by atoms with Crippen LogP contribution in [0, 0.1) is 0 Å². The van der Waals surface area contributed by atoms with Crippen LogP contribution < -0.4 is 11.5 Å². The number of rotatable bonds is 6. The van der Waals surface area contributed by atoms with E-state index in [9.17, 15) is 10.2 Å². The number of aromatic hydroxyl groups is 2. The van der Waals surface area contributed by atoms with Crippen molar-refractivity contribution in [2.45, 2.75) is 49.3 Å². The van der Waals surface area contributed by atoms with Crippen LogP contribution in [0.25, 0.3) is 0 Å². The fourth-order valence-electron chi connectivity index (χ4n) is 2.49. The van der Waals surface area contributed by atoms with E-state index in [-0.39, 0.29) is 11.5 Å². The highest BCUT2D eigenvalue weighted by molar-refractivity contribution is 7.99. The second-order valence-corrected chi connectivity index (χ2v) is 6.72. The molecule has 23 heavy (non-hydrogen) atoms. The molecule has 0 aliphatic rings. The zero-order valence-corrected chi connectivity index (χ0v) is 14.4. The van der Waals surface area contributed by atoms with Gasteiger partial charge in [-0.3, -0.25) is 0 Å². The van der Waals surface area contributed by atoms with Crippen molar-refractivity contribution >= 4 is 23.1 Å². The molecule has 0 saturated heterocycles. The molecule has 0 fully saturated rings. The Labute approximate surface area is 141 Å². The molecule has 0 aliphatic heterocycles. The van der Waals surface area contributed by atoms with Gasteiger partial charge in [0.05, 0.1) is 11.4 Å². The van der Waals surface area contributed by atoms with Gasteiger partial charge in [0.1, 0.15) is 11.5 Å². The summed E-state index contributed by atoms with van der Waals surface area (Å²) in [6.07, 6.45) is 3.70. The average molecular weight is 332 g/mol. The first-order valence-electron chi connectivity index (χ1n) is 7.86. The lowest BCUT2D eigenvalue weighted by molar-refractivity contribution is 0.476. The normalized spacial score (nSPS) is 10.9. The molecule has 0 unspecified atom stereocenters. The Morgan fingerprint density at radius 3 is 1.52 bits per heavy atom. The third kappa shape index (κ3) is 4.05. The summed E-state index contributed by atoms with van der Waals surface area (Å²) in [5.41, 5.74) is 14.6. The fourth-order valence-corrected chi connectivity index (χ4v) is 3.69. The van der Waals surface area contributed by atoms with Crippen LogP contribution in [0.5, 0.6) is 11.5 Å². The van der Waals surface area contributed by atoms with Gasteiger partial charge in [-0.15, -0.1) is 0 Å². The standard InChI is InChI=1S/C18H24N2O2S/c1-3-5-11-7-15(21)13(19)9-17(11)23-18-10-14(20)16(22)8-12(18)6-4-2/h7-10,21-22H,3-6,19-20H2,1-2H3. The molecule has 2 aromatic rings. The van der Waals surface area contributed by atoms with Crippen LogP contribution in [0.3, 0.4) is 0 Å². The maximum Gasteiger partial charge on any atom is 0.138 e. The van der Waals surface area contributed by atoms with Crippen LogP contribution in [-0.4, -0.2) is 10.2 Å². The summed E-state index contributed by atoms with van der Waals surface area (Å²) in [6, 6.07) is 7.10. The summed E-state index contributed by atoms with van der Waals surface area (Å²) in [6.45, 7) is 4.20. The van der Waals surface area contributed by atoms with Crippen molar-refractivity contribution in [1.82, 2.24) is 0 Å². The molecule has 2 rings (SSSR count). The van der Waals surface area contributed by atoms with E-state index in [0.717, 1.165) is 46.6 Å². The Kier molecular flexibility index (Phi) is 5.66. The molecule has 0 aromatic heterocycles. The number of phenols is 2. The van der Waals surface area contributed by atoms with Gasteiger partial charge in [-0.1, -0.05) is 38.5 Å². The second kappa shape index (κ2) is 7.51. The summed E-state index contributed by atoms with van der Waals surface area (Å²) in [5.74, 6) is 0.244. The Hall–Kier alpha value is -2.01. The van der Waals surface area contributed by atoms with E-state index in [1.807, 2.05) is 12.1 Å². The van der Waals surface area contributed by atoms with E-state index in [4.69, 9.17) is 11.5 Å². The van der Waals surface area contributed by atoms with Crippen LogP contribution >= 0.6 is 11.8 Å². The van der Waals surface area contributed by atoms with Crippen molar-refractivity contribution in [3.63, 3.8) is 0 Å². The number of anilines is 2. The minimum atomic E-state index is 0.122. The fraction of sp³-hybridized carbons (Fsp3) is 0.333. The number of hydrogen-bond acceptors (Lipinski definition) is 5. The Balaban J connectivity index is 2.45. The van der Waals surface area contributed by atoms with Crippen LogP contribution in [0.1, 0.15) is 37.8 Å². The second-order valence-electron chi connectivity index (χ2n) is 5.64. The van der Waals surface area contributed by atoms with Gasteiger partial charge in [-0.25, -0.2) is 0 Å². The lowest BCUT2D eigenvalue weighted by Crippen LogP contribution is -1.96. The third-order valence-electron chi connectivity index (χ3n) is 3.68. The first-order valence-corrected chi connectivity index (χ1v) is 8.68. The van der Waals surface area contributed by atoms with Crippen molar-refractivity contribution in [3.05, 3.63) is 35.4 Å². The van der Waals surface area contributed by atoms with E-state index < -0.39 is 0 Å². The predicted octanol–water partition coefficient (Wildman–Crippen LogP) is 4.32. The number of phenolic OH excluding ortho intramolecular Hbond substituents is 2. The number of benzene rings is 2. The average Bonchev–Trinajstić information content (AvgIpc) is 2.50. The first-order chi connectivity index (χ1) is 11.0. The largest absolute Gasteiger partial charge is 0.506 e. The Morgan fingerprint density at radius 2 is 1.17 bits per heavy atom. The van der Waals surface area contributed by atoms with Gasteiger partial charge < -0.3 is 21.7 Å². The van der Waals surface area contributed by atoms with Gasteiger partial charge >= 0.3 is 0 Å². The van der Waals surface area contributed by atoms with E-state index in [2.05, 4.69) is 13.8 Å². The van der Waals surface area contributed by atoms with Gasteiger partial charge in [-0.05, 0) is 48.2 Å². The summed E-state index contributed by atoms with van der Waals surface area (Å²) < 4.78 is 0. The lowest BCUT2D eigenvalue weighted by Gasteiger charge is -2.15. The van der Waals surface area contributed by atoms with Gasteiger partial charge in [-0.2, -0.15) is 0 Å². The molecule has 0 spiro atoms. The minimum Gasteiger partial charge on any atom is -0.506 e. The Bertz CT molecular complexity index is 642. The van der Waals surface area contributed by atoms with Crippen molar-refractivity contribution in [2.75, 3.05) is 11.5 Å². The van der Waals surface area contributed by atoms with Gasteiger partial charge in [0.2, 0.25) is 0 Å². The Morgan fingerprint density at radius 1 is 0.783 bits per heavy atom. The van der Waals surface area contributed by atoms with Crippen molar-refractivity contribution in [1.29, 1.82) is 0 Å². The highest BCUT2D eigenvalue weighted by atomic mass is 32.2. The lowest BCUT2D eigenvalue weighted by atomic mass is 10.1. The summed E-state index contributed by atoms with van der Waals surface area (Å²) >= 11 is 1.58. The summed E-state index contributed by atoms with van der Waals surface area (Å²) in [5, 5.41) is 19.7. The molecule has 4 nitrogen and oxygen atoms in total. The van der Waals surface area contributed by atoms with E-state index in [1.54, 1.807) is 23.9 Å². The first kappa shape index (κ1) is 17.3. The van der Waals surface area contributed by atoms with Gasteiger partial charge in [0.15, 0.2) is 0 Å². The SMILES string of the molecule is CCCc1cc(O)c(N)cc1Sc1cc(N)c(O)cc1CCC. The third-order valence-corrected chi connectivity index (χ3v) is 4.88. The van der Waals surface area contributed by atoms with Crippen molar-refractivity contribution in [3.8, 4) is 11.5 Å². The molecule has 5 heteroatoms. The molecule has 0 aliphatic carbocycles. The molecule has 0 saturated carbocycles. The minimum absolute atomic E-state index is 0.122. The highest BCUT2D eigenvalue weighted by Crippen LogP contribution is 2.40. The van der Waals surface area contributed by atoms with Crippen molar-refractivity contribution in [2.24, 2.45) is 0 Å². The molecule has 6 N–H and O–H groups in total. The zero-order valence-electron chi connectivity index (χ0n) is 13.6. The molecule has 0 heterocycles. The molecule has 0 radical (unpaired) electrons. The number of hydrogen-bond donors (Lipinski definition) is 4. The van der Waals surface area contributed by atoms with Crippen LogP contribution in [-0.2, 0) is 12.8 Å². The van der Waals surface area contributed by atoms with E-state index in [0.29, 0.717) is 11.4 Å². The molecule has 0 atom stereocenters. The van der Waals surface area contributed by atoms with E-state index in [1.165, 1.54) is 0 Å². The van der Waals surface area contributed by atoms with Crippen LogP contribution in [0.15, 0.2) is 34.1 Å². The molecule has 0 amide bonds. The zero-order chi connectivity index (χ0) is 17.0. The number of nitrogen functional groups attached to an aromatic ring is 2. The van der Waals surface area contributed by atoms with Gasteiger partial charge in [0.25, 0.3) is 0 Å². The summed E-state index contributed by atoms with van der Waals surface area (Å²) in [4.78, 5) is 2.04. The van der Waals surface area contributed by atoms with Crippen molar-refractivity contribution < 1.29 is 10.2 Å². The highest BCUT2D eigenvalue weighted by Gasteiger charge is 2.13. The maximum atomic E-state index is 9.85. The smallest absolute Gasteiger partial charge is 0.138 e. The van der Waals surface area contributed by atoms with E-state index >= 15 is 0 Å². The maximum absolute atomic E-state index is 9.85. The molecular formula is C18H24N2O2S. The molecule has 0 bridgehead atoms. The summed E-state index contributed by atoms with van der Waals surface area (Å²) in [7, 11) is 0. The van der Waals surface area contributed by atoms with Crippen LogP contribution in [0.4, 0.5) is 11.4 Å². The molecule has 2 aromatic carbocycles.